The average Bonchev–Trinajstić information content (AvgIpc) is 2.44. The first-order chi connectivity index (χ1) is 11.3. The molecular formula is C18H25F3N2Si2. The van der Waals surface area contributed by atoms with Crippen LogP contribution in [0.15, 0.2) is 36.7 Å². The van der Waals surface area contributed by atoms with E-state index in [0.29, 0.717) is 16.4 Å². The lowest BCUT2D eigenvalue weighted by Gasteiger charge is -2.37. The molecule has 0 amide bonds. The van der Waals surface area contributed by atoms with Crippen LogP contribution in [-0.2, 0) is 6.18 Å². The van der Waals surface area contributed by atoms with E-state index in [4.69, 9.17) is 0 Å². The van der Waals surface area contributed by atoms with Crippen LogP contribution in [0.4, 0.5) is 13.2 Å². The van der Waals surface area contributed by atoms with Gasteiger partial charge in [0.15, 0.2) is 0 Å². The second-order valence-corrected chi connectivity index (χ2v) is 19.8. The van der Waals surface area contributed by atoms with Crippen molar-refractivity contribution in [3.05, 3.63) is 47.9 Å². The van der Waals surface area contributed by atoms with Gasteiger partial charge in [-0.05, 0) is 17.3 Å². The Bertz CT molecular complexity index is 698. The summed E-state index contributed by atoms with van der Waals surface area (Å²) in [6.07, 6.45) is -0.824. The van der Waals surface area contributed by atoms with Crippen LogP contribution in [0.1, 0.15) is 16.4 Å². The largest absolute Gasteiger partial charge is 0.416 e. The lowest BCUT2D eigenvalue weighted by molar-refractivity contribution is -0.137. The molecule has 0 saturated carbocycles. The minimum absolute atomic E-state index is 0.481. The number of benzene rings is 1. The highest BCUT2D eigenvalue weighted by molar-refractivity contribution is 6.96. The van der Waals surface area contributed by atoms with E-state index in [1.807, 2.05) is 6.20 Å². The van der Waals surface area contributed by atoms with Gasteiger partial charge in [-0.2, -0.15) is 13.2 Å². The number of halogens is 3. The standard InChI is InChI=1S/C18H25F3N2Si2/c1-24(2,3)17(25(4,5)6)16-12-22-15(11-23-16)13-7-9-14(10-8-13)18(19,20)21/h7-12,17H,1-6H3. The molecule has 0 spiro atoms. The molecule has 1 aromatic carbocycles. The molecule has 7 heteroatoms. The first kappa shape index (κ1) is 19.8. The van der Waals surface area contributed by atoms with Gasteiger partial charge in [-0.25, -0.2) is 0 Å². The van der Waals surface area contributed by atoms with E-state index in [-0.39, 0.29) is 0 Å². The highest BCUT2D eigenvalue weighted by Crippen LogP contribution is 2.35. The van der Waals surface area contributed by atoms with Crippen LogP contribution >= 0.6 is 0 Å². The average molecular weight is 383 g/mol. The summed E-state index contributed by atoms with van der Waals surface area (Å²) in [6.45, 7) is 14.1. The number of aromatic nitrogens is 2. The van der Waals surface area contributed by atoms with Crippen LogP contribution in [-0.4, -0.2) is 26.1 Å². The minimum atomic E-state index is -4.32. The predicted molar refractivity (Wildman–Crippen MR) is 102 cm³/mol. The van der Waals surface area contributed by atoms with Gasteiger partial charge in [0.1, 0.15) is 0 Å². The Kier molecular flexibility index (Phi) is 5.30. The van der Waals surface area contributed by atoms with Gasteiger partial charge in [-0.1, -0.05) is 51.4 Å². The normalized spacial score (nSPS) is 13.4. The van der Waals surface area contributed by atoms with Crippen molar-refractivity contribution in [1.82, 2.24) is 9.97 Å². The Morgan fingerprint density at radius 2 is 1.32 bits per heavy atom. The Balaban J connectivity index is 2.33. The molecule has 0 fully saturated rings. The monoisotopic (exact) mass is 382 g/mol. The Hall–Kier alpha value is -1.48. The SMILES string of the molecule is C[Si](C)(C)C(c1cnc(-c2ccc(C(F)(F)F)cc2)cn1)[Si](C)(C)C. The number of rotatable bonds is 4. The molecule has 2 rings (SSSR count). The van der Waals surface area contributed by atoms with E-state index in [1.54, 1.807) is 6.20 Å². The van der Waals surface area contributed by atoms with Gasteiger partial charge < -0.3 is 0 Å². The molecule has 0 unspecified atom stereocenters. The van der Waals surface area contributed by atoms with Gasteiger partial charge >= 0.3 is 6.18 Å². The van der Waals surface area contributed by atoms with Crippen molar-refractivity contribution in [2.75, 3.05) is 0 Å². The second-order valence-electron chi connectivity index (χ2n) is 8.57. The van der Waals surface area contributed by atoms with Crippen molar-refractivity contribution in [3.8, 4) is 11.3 Å². The first-order valence-corrected chi connectivity index (χ1v) is 15.5. The summed E-state index contributed by atoms with van der Waals surface area (Å²) >= 11 is 0. The summed E-state index contributed by atoms with van der Waals surface area (Å²) in [4.78, 5) is 9.13. The van der Waals surface area contributed by atoms with Crippen LogP contribution in [0, 0.1) is 0 Å². The topological polar surface area (TPSA) is 25.8 Å². The molecule has 0 bridgehead atoms. The fourth-order valence-corrected chi connectivity index (χ4v) is 16.1. The van der Waals surface area contributed by atoms with E-state index in [9.17, 15) is 13.2 Å². The summed E-state index contributed by atoms with van der Waals surface area (Å²) in [7, 11) is -2.91. The van der Waals surface area contributed by atoms with E-state index >= 15 is 0 Å². The van der Waals surface area contributed by atoms with Crippen LogP contribution in [0.3, 0.4) is 0 Å². The van der Waals surface area contributed by atoms with Gasteiger partial charge in [0.05, 0.1) is 39.3 Å². The summed E-state index contributed by atoms with van der Waals surface area (Å²) in [5, 5.41) is 0.481. The van der Waals surface area contributed by atoms with Crippen LogP contribution in [0.2, 0.25) is 39.3 Å². The zero-order valence-corrected chi connectivity index (χ0v) is 17.6. The van der Waals surface area contributed by atoms with Crippen molar-refractivity contribution in [2.45, 2.75) is 50.6 Å². The van der Waals surface area contributed by atoms with Crippen molar-refractivity contribution in [3.63, 3.8) is 0 Å². The molecule has 0 radical (unpaired) electrons. The third-order valence-electron chi connectivity index (χ3n) is 4.21. The van der Waals surface area contributed by atoms with Crippen LogP contribution < -0.4 is 0 Å². The molecule has 0 atom stereocenters. The second kappa shape index (κ2) is 6.68. The zero-order chi connectivity index (χ0) is 19.0. The van der Waals surface area contributed by atoms with Gasteiger partial charge in [0.2, 0.25) is 0 Å². The maximum atomic E-state index is 12.7. The third kappa shape index (κ3) is 4.79. The zero-order valence-electron chi connectivity index (χ0n) is 15.6. The third-order valence-corrected chi connectivity index (χ3v) is 13.5. The smallest absolute Gasteiger partial charge is 0.258 e. The Morgan fingerprint density at radius 1 is 0.800 bits per heavy atom. The Labute approximate surface area is 149 Å². The number of hydrogen-bond acceptors (Lipinski definition) is 2. The van der Waals surface area contributed by atoms with Crippen molar-refractivity contribution in [1.29, 1.82) is 0 Å². The van der Waals surface area contributed by atoms with E-state index < -0.39 is 27.9 Å². The summed E-state index contributed by atoms with van der Waals surface area (Å²) in [5.74, 6) is 0. The maximum Gasteiger partial charge on any atom is 0.416 e. The molecule has 1 heterocycles. The van der Waals surface area contributed by atoms with E-state index in [0.717, 1.165) is 17.8 Å². The lowest BCUT2D eigenvalue weighted by Crippen LogP contribution is -2.46. The molecule has 0 N–H and O–H groups in total. The van der Waals surface area contributed by atoms with Gasteiger partial charge in [-0.3, -0.25) is 9.97 Å². The molecule has 0 aliphatic rings. The first-order valence-electron chi connectivity index (χ1n) is 8.30. The lowest BCUT2D eigenvalue weighted by atomic mass is 10.1. The molecule has 1 aromatic heterocycles. The van der Waals surface area contributed by atoms with Crippen molar-refractivity contribution in [2.24, 2.45) is 0 Å². The summed E-state index contributed by atoms with van der Waals surface area (Å²) < 4.78 is 38.0. The number of alkyl halides is 3. The fraction of sp³-hybridized carbons (Fsp3) is 0.444. The van der Waals surface area contributed by atoms with Gasteiger partial charge in [0, 0.05) is 11.8 Å². The van der Waals surface area contributed by atoms with Crippen LogP contribution in [0.5, 0.6) is 0 Å². The molecular weight excluding hydrogens is 357 g/mol. The van der Waals surface area contributed by atoms with Gasteiger partial charge in [-0.15, -0.1) is 0 Å². The molecule has 136 valence electrons. The van der Waals surface area contributed by atoms with Crippen molar-refractivity contribution >= 4 is 16.1 Å². The molecule has 0 saturated heterocycles. The van der Waals surface area contributed by atoms with Gasteiger partial charge in [0.25, 0.3) is 0 Å². The Morgan fingerprint density at radius 3 is 1.68 bits per heavy atom. The molecule has 0 aliphatic carbocycles. The number of hydrogen-bond donors (Lipinski definition) is 0. The van der Waals surface area contributed by atoms with E-state index in [2.05, 4.69) is 49.3 Å². The minimum Gasteiger partial charge on any atom is -0.258 e. The molecule has 2 nitrogen and oxygen atoms in total. The maximum absolute atomic E-state index is 12.7. The molecule has 2 aromatic rings. The van der Waals surface area contributed by atoms with Crippen molar-refractivity contribution < 1.29 is 13.2 Å². The predicted octanol–water partition coefficient (Wildman–Crippen LogP) is 6.00. The number of nitrogens with zero attached hydrogens (tertiary/aromatic N) is 2. The molecule has 0 aliphatic heterocycles. The van der Waals surface area contributed by atoms with E-state index in [1.165, 1.54) is 12.1 Å². The van der Waals surface area contributed by atoms with Crippen LogP contribution in [0.25, 0.3) is 11.3 Å². The summed E-state index contributed by atoms with van der Waals surface area (Å²) in [6, 6.07) is 5.05. The summed E-state index contributed by atoms with van der Waals surface area (Å²) in [5.41, 5.74) is 1.61. The quantitative estimate of drug-likeness (QED) is 0.606. The highest BCUT2D eigenvalue weighted by Gasteiger charge is 2.39. The fourth-order valence-electron chi connectivity index (χ4n) is 3.65. The highest BCUT2D eigenvalue weighted by atomic mass is 28.4. The molecule has 25 heavy (non-hydrogen) atoms.